The maximum Gasteiger partial charge on any atom is 0.221 e. The van der Waals surface area contributed by atoms with Gasteiger partial charge in [0.1, 0.15) is 0 Å². The summed E-state index contributed by atoms with van der Waals surface area (Å²) in [5.74, 6) is -0.122. The van der Waals surface area contributed by atoms with Crippen molar-refractivity contribution in [1.82, 2.24) is 9.62 Å². The third-order valence-electron chi connectivity index (χ3n) is 3.59. The molecule has 2 rings (SSSR count). The van der Waals surface area contributed by atoms with Crippen LogP contribution in [0.4, 0.5) is 0 Å². The molecule has 1 aliphatic carbocycles. The van der Waals surface area contributed by atoms with Gasteiger partial charge in [0.05, 0.1) is 6.26 Å². The van der Waals surface area contributed by atoms with Crippen LogP contribution in [0.1, 0.15) is 24.8 Å². The lowest BCUT2D eigenvalue weighted by Gasteiger charge is -2.18. The molecule has 7 heteroatoms. The van der Waals surface area contributed by atoms with Crippen LogP contribution in [0.5, 0.6) is 0 Å². The van der Waals surface area contributed by atoms with Gasteiger partial charge in [-0.15, -0.1) is 0 Å². The molecule has 1 N–H and O–H groups in total. The number of nitrogens with one attached hydrogen (secondary N) is 1. The lowest BCUT2D eigenvalue weighted by atomic mass is 10.1. The summed E-state index contributed by atoms with van der Waals surface area (Å²) in [4.78, 5) is 11.8. The molecule has 122 valence electrons. The Balaban J connectivity index is 1.70. The van der Waals surface area contributed by atoms with Crippen molar-refractivity contribution in [3.8, 4) is 0 Å². The number of halogens is 1. The zero-order valence-electron chi connectivity index (χ0n) is 12.6. The summed E-state index contributed by atoms with van der Waals surface area (Å²) in [5.41, 5.74) is 1.10. The minimum absolute atomic E-state index is 0.0943. The Hall–Kier alpha value is -1.11. The van der Waals surface area contributed by atoms with Gasteiger partial charge in [-0.3, -0.25) is 4.79 Å². The standard InChI is InChI=1S/C15H21ClN2O3S/c1-22(20,21)18(14-6-7-14)11-9-15(19)17-10-8-12-2-4-13(16)5-3-12/h2-5,14H,6-11H2,1H3,(H,17,19). The smallest absolute Gasteiger partial charge is 0.221 e. The van der Waals surface area contributed by atoms with Crippen molar-refractivity contribution in [2.45, 2.75) is 31.7 Å². The number of hydrogen-bond acceptors (Lipinski definition) is 3. The lowest BCUT2D eigenvalue weighted by molar-refractivity contribution is -0.121. The Morgan fingerprint density at radius 3 is 2.50 bits per heavy atom. The van der Waals surface area contributed by atoms with E-state index in [2.05, 4.69) is 5.32 Å². The van der Waals surface area contributed by atoms with Gasteiger partial charge in [-0.25, -0.2) is 8.42 Å². The maximum absolute atomic E-state index is 11.8. The quantitative estimate of drug-likeness (QED) is 0.782. The number of carbonyl (C=O) groups excluding carboxylic acids is 1. The van der Waals surface area contributed by atoms with E-state index in [1.807, 2.05) is 24.3 Å². The fraction of sp³-hybridized carbons (Fsp3) is 0.533. The summed E-state index contributed by atoms with van der Waals surface area (Å²) in [6.07, 6.45) is 3.91. The SMILES string of the molecule is CS(=O)(=O)N(CCC(=O)NCCc1ccc(Cl)cc1)C1CC1. The number of rotatable bonds is 8. The molecule has 1 fully saturated rings. The highest BCUT2D eigenvalue weighted by atomic mass is 35.5. The number of nitrogens with zero attached hydrogens (tertiary/aromatic N) is 1. The van der Waals surface area contributed by atoms with Crippen LogP contribution in [0.3, 0.4) is 0 Å². The van der Waals surface area contributed by atoms with Crippen molar-refractivity contribution in [3.05, 3.63) is 34.9 Å². The van der Waals surface area contributed by atoms with Crippen LogP contribution in [0, 0.1) is 0 Å². The van der Waals surface area contributed by atoms with Crippen molar-refractivity contribution >= 4 is 27.5 Å². The maximum atomic E-state index is 11.8. The highest BCUT2D eigenvalue weighted by molar-refractivity contribution is 7.88. The molecule has 0 spiro atoms. The summed E-state index contributed by atoms with van der Waals surface area (Å²) in [7, 11) is -3.22. The molecule has 1 aromatic carbocycles. The largest absolute Gasteiger partial charge is 0.356 e. The van der Waals surface area contributed by atoms with Gasteiger partial charge in [-0.05, 0) is 37.0 Å². The van der Waals surface area contributed by atoms with E-state index in [1.54, 1.807) is 0 Å². The Morgan fingerprint density at radius 1 is 1.32 bits per heavy atom. The van der Waals surface area contributed by atoms with E-state index in [1.165, 1.54) is 10.6 Å². The van der Waals surface area contributed by atoms with Gasteiger partial charge in [0.25, 0.3) is 0 Å². The third kappa shape index (κ3) is 5.59. The number of amides is 1. The second-order valence-electron chi connectivity index (χ2n) is 5.58. The van der Waals surface area contributed by atoms with Crippen LogP contribution in [0.25, 0.3) is 0 Å². The van der Waals surface area contributed by atoms with Gasteiger partial charge in [-0.2, -0.15) is 4.31 Å². The molecule has 0 radical (unpaired) electrons. The van der Waals surface area contributed by atoms with E-state index in [4.69, 9.17) is 11.6 Å². The van der Waals surface area contributed by atoms with E-state index >= 15 is 0 Å². The molecule has 0 saturated heterocycles. The number of sulfonamides is 1. The Bertz CT molecular complexity index is 612. The first-order valence-electron chi connectivity index (χ1n) is 7.34. The third-order valence-corrected chi connectivity index (χ3v) is 5.17. The van der Waals surface area contributed by atoms with Crippen molar-refractivity contribution in [3.63, 3.8) is 0 Å². The van der Waals surface area contributed by atoms with Crippen LogP contribution in [0.15, 0.2) is 24.3 Å². The Kier molecular flexibility index (Phi) is 5.83. The second kappa shape index (κ2) is 7.44. The van der Waals surface area contributed by atoms with Crippen LogP contribution < -0.4 is 5.32 Å². The van der Waals surface area contributed by atoms with E-state index in [9.17, 15) is 13.2 Å². The average molecular weight is 345 g/mol. The topological polar surface area (TPSA) is 66.5 Å². The predicted octanol–water partition coefficient (Wildman–Crippen LogP) is 1.81. The first kappa shape index (κ1) is 17.2. The monoisotopic (exact) mass is 344 g/mol. The Morgan fingerprint density at radius 2 is 1.95 bits per heavy atom. The van der Waals surface area contributed by atoms with Crippen LogP contribution in [-0.2, 0) is 21.2 Å². The molecule has 1 aromatic rings. The van der Waals surface area contributed by atoms with Crippen molar-refractivity contribution in [1.29, 1.82) is 0 Å². The summed E-state index contributed by atoms with van der Waals surface area (Å²) < 4.78 is 24.7. The molecule has 0 heterocycles. The zero-order valence-corrected chi connectivity index (χ0v) is 14.2. The van der Waals surface area contributed by atoms with Gasteiger partial charge in [0, 0.05) is 30.6 Å². The fourth-order valence-electron chi connectivity index (χ4n) is 2.28. The molecular formula is C15H21ClN2O3S. The molecular weight excluding hydrogens is 324 g/mol. The molecule has 5 nitrogen and oxygen atoms in total. The van der Waals surface area contributed by atoms with Gasteiger partial charge in [-0.1, -0.05) is 23.7 Å². The van der Waals surface area contributed by atoms with E-state index in [0.717, 1.165) is 24.8 Å². The highest BCUT2D eigenvalue weighted by Crippen LogP contribution is 2.28. The van der Waals surface area contributed by atoms with E-state index < -0.39 is 10.0 Å². The summed E-state index contributed by atoms with van der Waals surface area (Å²) >= 11 is 5.81. The molecule has 0 bridgehead atoms. The minimum atomic E-state index is -3.22. The molecule has 1 aliphatic rings. The Labute approximate surface area is 136 Å². The molecule has 0 aromatic heterocycles. The van der Waals surface area contributed by atoms with Gasteiger partial charge < -0.3 is 5.32 Å². The molecule has 1 amide bonds. The molecule has 1 saturated carbocycles. The number of benzene rings is 1. The summed E-state index contributed by atoms with van der Waals surface area (Å²) in [5, 5.41) is 3.51. The molecule has 22 heavy (non-hydrogen) atoms. The van der Waals surface area contributed by atoms with E-state index in [-0.39, 0.29) is 24.9 Å². The first-order valence-corrected chi connectivity index (χ1v) is 9.57. The number of carbonyl (C=O) groups is 1. The van der Waals surface area contributed by atoms with Gasteiger partial charge >= 0.3 is 0 Å². The van der Waals surface area contributed by atoms with Crippen molar-refractivity contribution in [2.24, 2.45) is 0 Å². The average Bonchev–Trinajstić information content (AvgIpc) is 3.24. The van der Waals surface area contributed by atoms with Gasteiger partial charge in [0.15, 0.2) is 0 Å². The normalized spacial score (nSPS) is 15.0. The zero-order chi connectivity index (χ0) is 16.2. The van der Waals surface area contributed by atoms with Crippen LogP contribution >= 0.6 is 11.6 Å². The molecule has 0 aliphatic heterocycles. The van der Waals surface area contributed by atoms with Crippen molar-refractivity contribution in [2.75, 3.05) is 19.3 Å². The van der Waals surface area contributed by atoms with Gasteiger partial charge in [0.2, 0.25) is 15.9 Å². The first-order chi connectivity index (χ1) is 10.4. The molecule has 0 atom stereocenters. The van der Waals surface area contributed by atoms with Crippen LogP contribution in [-0.4, -0.2) is 44.0 Å². The second-order valence-corrected chi connectivity index (χ2v) is 7.95. The lowest BCUT2D eigenvalue weighted by Crippen LogP contribution is -2.36. The minimum Gasteiger partial charge on any atom is -0.356 e. The summed E-state index contributed by atoms with van der Waals surface area (Å²) in [6.45, 7) is 0.791. The van der Waals surface area contributed by atoms with Crippen molar-refractivity contribution < 1.29 is 13.2 Å². The number of hydrogen-bond donors (Lipinski definition) is 1. The summed E-state index contributed by atoms with van der Waals surface area (Å²) in [6, 6.07) is 7.58. The highest BCUT2D eigenvalue weighted by Gasteiger charge is 2.34. The fourth-order valence-corrected chi connectivity index (χ4v) is 3.58. The van der Waals surface area contributed by atoms with E-state index in [0.29, 0.717) is 11.6 Å². The molecule has 0 unspecified atom stereocenters. The predicted molar refractivity (Wildman–Crippen MR) is 87.4 cm³/mol. The van der Waals surface area contributed by atoms with Crippen LogP contribution in [0.2, 0.25) is 5.02 Å².